The number of hydrogen-bond donors (Lipinski definition) is 1. The van der Waals surface area contributed by atoms with Crippen molar-refractivity contribution in [1.29, 1.82) is 0 Å². The van der Waals surface area contributed by atoms with Crippen LogP contribution in [0.1, 0.15) is 11.3 Å². The second-order valence-corrected chi connectivity index (χ2v) is 4.19. The van der Waals surface area contributed by atoms with Crippen molar-refractivity contribution in [2.75, 3.05) is 0 Å². The third-order valence-electron chi connectivity index (χ3n) is 2.38. The number of nitrogens with two attached hydrogens (primary N) is 1. The fraction of sp³-hybridized carbons (Fsp3) is 0.0769. The van der Waals surface area contributed by atoms with Gasteiger partial charge in [-0.25, -0.2) is 8.78 Å². The third-order valence-corrected chi connectivity index (χ3v) is 2.59. The largest absolute Gasteiger partial charge is 0.483 e. The Labute approximate surface area is 114 Å². The number of nitrogens with zero attached hydrogens (tertiary/aromatic N) is 1. The number of halogens is 2. The molecule has 0 aliphatic carbocycles. The lowest BCUT2D eigenvalue weighted by molar-refractivity contribution is 0.274. The van der Waals surface area contributed by atoms with Crippen LogP contribution in [0, 0.1) is 11.6 Å². The second-order valence-electron chi connectivity index (χ2n) is 3.75. The highest BCUT2D eigenvalue weighted by Crippen LogP contribution is 2.21. The van der Waals surface area contributed by atoms with Crippen molar-refractivity contribution < 1.29 is 13.5 Å². The molecule has 2 aromatic rings. The molecule has 0 saturated heterocycles. The first kappa shape index (κ1) is 13.4. The Morgan fingerprint density at radius 1 is 1.26 bits per heavy atom. The van der Waals surface area contributed by atoms with E-state index in [-0.39, 0.29) is 11.6 Å². The summed E-state index contributed by atoms with van der Waals surface area (Å²) in [6.07, 6.45) is 1.50. The molecule has 1 aromatic carbocycles. The van der Waals surface area contributed by atoms with E-state index in [4.69, 9.17) is 22.7 Å². The van der Waals surface area contributed by atoms with Gasteiger partial charge in [-0.3, -0.25) is 4.98 Å². The summed E-state index contributed by atoms with van der Waals surface area (Å²) in [5.41, 5.74) is 6.55. The molecule has 0 fully saturated rings. The monoisotopic (exact) mass is 280 g/mol. The summed E-state index contributed by atoms with van der Waals surface area (Å²) < 4.78 is 31.8. The van der Waals surface area contributed by atoms with Gasteiger partial charge >= 0.3 is 0 Å². The van der Waals surface area contributed by atoms with Crippen molar-refractivity contribution in [1.82, 2.24) is 4.98 Å². The standard InChI is InChI=1S/C13H10F2N2OS/c14-9-2-1-3-10(15)12(9)18-7-8-4-5-17-11(6-8)13(16)19/h1-6H,7H2,(H2,16,19). The van der Waals surface area contributed by atoms with E-state index in [0.717, 1.165) is 12.1 Å². The number of benzene rings is 1. The predicted molar refractivity (Wildman–Crippen MR) is 70.8 cm³/mol. The van der Waals surface area contributed by atoms with Gasteiger partial charge in [0, 0.05) is 6.20 Å². The topological polar surface area (TPSA) is 48.1 Å². The minimum atomic E-state index is -0.747. The van der Waals surface area contributed by atoms with Crippen molar-refractivity contribution in [2.24, 2.45) is 5.73 Å². The van der Waals surface area contributed by atoms with Crippen LogP contribution < -0.4 is 10.5 Å². The fourth-order valence-corrected chi connectivity index (χ4v) is 1.59. The SMILES string of the molecule is NC(=S)c1cc(COc2c(F)cccc2F)ccn1. The number of pyridine rings is 1. The maximum atomic E-state index is 13.3. The second kappa shape index (κ2) is 5.71. The van der Waals surface area contributed by atoms with Crippen LogP contribution in [0.3, 0.4) is 0 Å². The third kappa shape index (κ3) is 3.23. The molecule has 6 heteroatoms. The average molecular weight is 280 g/mol. The molecule has 0 saturated carbocycles. The van der Waals surface area contributed by atoms with Crippen molar-refractivity contribution in [3.8, 4) is 5.75 Å². The average Bonchev–Trinajstić information content (AvgIpc) is 2.38. The van der Waals surface area contributed by atoms with Gasteiger partial charge in [-0.2, -0.15) is 0 Å². The molecule has 19 heavy (non-hydrogen) atoms. The van der Waals surface area contributed by atoms with Crippen LogP contribution in [0.4, 0.5) is 8.78 Å². The Hall–Kier alpha value is -2.08. The van der Waals surface area contributed by atoms with E-state index in [2.05, 4.69) is 4.98 Å². The van der Waals surface area contributed by atoms with E-state index in [1.165, 1.54) is 12.3 Å². The van der Waals surface area contributed by atoms with E-state index in [1.54, 1.807) is 12.1 Å². The van der Waals surface area contributed by atoms with Gasteiger partial charge in [-0.1, -0.05) is 18.3 Å². The smallest absolute Gasteiger partial charge is 0.191 e. The summed E-state index contributed by atoms with van der Waals surface area (Å²) in [6, 6.07) is 6.80. The normalized spacial score (nSPS) is 10.2. The lowest BCUT2D eigenvalue weighted by atomic mass is 10.2. The first-order chi connectivity index (χ1) is 9.08. The summed E-state index contributed by atoms with van der Waals surface area (Å²) in [7, 11) is 0. The molecular formula is C13H10F2N2OS. The molecule has 98 valence electrons. The Morgan fingerprint density at radius 2 is 1.95 bits per heavy atom. The Balaban J connectivity index is 2.15. The molecule has 2 rings (SSSR count). The summed E-state index contributed by atoms with van der Waals surface area (Å²) in [5, 5.41) is 0. The van der Waals surface area contributed by atoms with Crippen LogP contribution in [0.5, 0.6) is 5.75 Å². The van der Waals surface area contributed by atoms with Gasteiger partial charge in [0.15, 0.2) is 17.4 Å². The van der Waals surface area contributed by atoms with Gasteiger partial charge in [-0.15, -0.1) is 0 Å². The number of thiocarbonyl (C=S) groups is 1. The minimum absolute atomic E-state index is 0.00398. The van der Waals surface area contributed by atoms with Gasteiger partial charge in [0.2, 0.25) is 0 Å². The zero-order valence-corrected chi connectivity index (χ0v) is 10.6. The lowest BCUT2D eigenvalue weighted by Crippen LogP contribution is -2.12. The van der Waals surface area contributed by atoms with Crippen molar-refractivity contribution in [3.63, 3.8) is 0 Å². The summed E-state index contributed by atoms with van der Waals surface area (Å²) in [6.45, 7) is -0.00398. The van der Waals surface area contributed by atoms with Gasteiger partial charge in [-0.05, 0) is 29.8 Å². The first-order valence-corrected chi connectivity index (χ1v) is 5.80. The first-order valence-electron chi connectivity index (χ1n) is 5.39. The number of hydrogen-bond acceptors (Lipinski definition) is 3. The maximum Gasteiger partial charge on any atom is 0.191 e. The van der Waals surface area contributed by atoms with E-state index < -0.39 is 17.4 Å². The highest BCUT2D eigenvalue weighted by atomic mass is 32.1. The molecule has 0 unspecified atom stereocenters. The van der Waals surface area contributed by atoms with E-state index in [0.29, 0.717) is 11.3 Å². The van der Waals surface area contributed by atoms with E-state index in [9.17, 15) is 8.78 Å². The van der Waals surface area contributed by atoms with Crippen LogP contribution in [-0.2, 0) is 6.61 Å². The molecule has 0 aliphatic rings. The summed E-state index contributed by atoms with van der Waals surface area (Å²) in [4.78, 5) is 4.11. The molecule has 0 spiro atoms. The Kier molecular flexibility index (Phi) is 4.01. The van der Waals surface area contributed by atoms with Crippen LogP contribution in [0.2, 0.25) is 0 Å². The summed E-state index contributed by atoms with van der Waals surface area (Å²) >= 11 is 4.80. The van der Waals surface area contributed by atoms with Crippen LogP contribution >= 0.6 is 12.2 Å². The van der Waals surface area contributed by atoms with Gasteiger partial charge in [0.05, 0.1) is 5.69 Å². The van der Waals surface area contributed by atoms with Crippen LogP contribution in [0.15, 0.2) is 36.5 Å². The molecule has 2 N–H and O–H groups in total. The number of ether oxygens (including phenoxy) is 1. The van der Waals surface area contributed by atoms with Gasteiger partial charge < -0.3 is 10.5 Å². The predicted octanol–water partition coefficient (Wildman–Crippen LogP) is 2.57. The molecule has 1 heterocycles. The fourth-order valence-electron chi connectivity index (χ4n) is 1.47. The van der Waals surface area contributed by atoms with E-state index in [1.807, 2.05) is 0 Å². The zero-order chi connectivity index (χ0) is 13.8. The highest BCUT2D eigenvalue weighted by molar-refractivity contribution is 7.80. The van der Waals surface area contributed by atoms with Crippen molar-refractivity contribution >= 4 is 17.2 Å². The van der Waals surface area contributed by atoms with Gasteiger partial charge in [0.1, 0.15) is 11.6 Å². The minimum Gasteiger partial charge on any atom is -0.483 e. The molecule has 0 aliphatic heterocycles. The molecule has 1 aromatic heterocycles. The molecule has 0 bridgehead atoms. The van der Waals surface area contributed by atoms with Gasteiger partial charge in [0.25, 0.3) is 0 Å². The zero-order valence-electron chi connectivity index (χ0n) is 9.77. The Bertz CT molecular complexity index is 599. The van der Waals surface area contributed by atoms with Crippen molar-refractivity contribution in [3.05, 3.63) is 59.4 Å². The molecule has 0 atom stereocenters. The van der Waals surface area contributed by atoms with Crippen LogP contribution in [0.25, 0.3) is 0 Å². The molecule has 3 nitrogen and oxygen atoms in total. The van der Waals surface area contributed by atoms with Crippen LogP contribution in [-0.4, -0.2) is 9.97 Å². The van der Waals surface area contributed by atoms with E-state index >= 15 is 0 Å². The quantitative estimate of drug-likeness (QED) is 0.874. The highest BCUT2D eigenvalue weighted by Gasteiger charge is 2.10. The van der Waals surface area contributed by atoms with Crippen molar-refractivity contribution in [2.45, 2.75) is 6.61 Å². The Morgan fingerprint density at radius 3 is 2.58 bits per heavy atom. The molecule has 0 amide bonds. The lowest BCUT2D eigenvalue weighted by Gasteiger charge is -2.08. The number of aromatic nitrogens is 1. The molecule has 0 radical (unpaired) electrons. The summed E-state index contributed by atoms with van der Waals surface area (Å²) in [5.74, 6) is -1.90. The number of rotatable bonds is 4. The number of para-hydroxylation sites is 1. The molecular weight excluding hydrogens is 270 g/mol. The maximum absolute atomic E-state index is 13.3.